The summed E-state index contributed by atoms with van der Waals surface area (Å²) in [5.41, 5.74) is 5.81. The Morgan fingerprint density at radius 2 is 2.00 bits per heavy atom. The summed E-state index contributed by atoms with van der Waals surface area (Å²) in [5, 5.41) is 0. The van der Waals surface area contributed by atoms with Crippen LogP contribution in [0, 0.1) is 5.92 Å². The van der Waals surface area contributed by atoms with Crippen molar-refractivity contribution in [2.45, 2.75) is 46.1 Å². The highest BCUT2D eigenvalue weighted by Gasteiger charge is 1.99. The first-order valence-electron chi connectivity index (χ1n) is 5.00. The van der Waals surface area contributed by atoms with Crippen LogP contribution in [0.1, 0.15) is 40.0 Å². The fourth-order valence-corrected chi connectivity index (χ4v) is 1.98. The van der Waals surface area contributed by atoms with Crippen molar-refractivity contribution in [2.24, 2.45) is 11.7 Å². The van der Waals surface area contributed by atoms with Gasteiger partial charge in [0.15, 0.2) is 0 Å². The second kappa shape index (κ2) is 7.93. The van der Waals surface area contributed by atoms with Gasteiger partial charge in [0.1, 0.15) is 0 Å². The van der Waals surface area contributed by atoms with Crippen LogP contribution in [0.15, 0.2) is 0 Å². The molecule has 0 spiro atoms. The summed E-state index contributed by atoms with van der Waals surface area (Å²) in [6, 6.07) is 0.435. The lowest BCUT2D eigenvalue weighted by Crippen LogP contribution is -2.18. The number of nitrogens with two attached hydrogens (primary N) is 1. The number of rotatable bonds is 7. The standard InChI is InChI=1S/C10H23NS/c1-4-10(11)6-5-7-12-8-9(2)3/h9-10H,4-8,11H2,1-3H3. The van der Waals surface area contributed by atoms with Crippen molar-refractivity contribution in [3.05, 3.63) is 0 Å². The maximum atomic E-state index is 5.81. The lowest BCUT2D eigenvalue weighted by molar-refractivity contribution is 0.589. The van der Waals surface area contributed by atoms with E-state index in [-0.39, 0.29) is 0 Å². The first-order chi connectivity index (χ1) is 5.66. The molecule has 0 heterocycles. The molecule has 74 valence electrons. The van der Waals surface area contributed by atoms with Crippen molar-refractivity contribution in [2.75, 3.05) is 11.5 Å². The molecule has 1 nitrogen and oxygen atoms in total. The van der Waals surface area contributed by atoms with Crippen molar-refractivity contribution < 1.29 is 0 Å². The minimum atomic E-state index is 0.435. The molecule has 0 aromatic carbocycles. The lowest BCUT2D eigenvalue weighted by atomic mass is 10.1. The molecule has 0 fully saturated rings. The second-order valence-electron chi connectivity index (χ2n) is 3.78. The number of thioether (sulfide) groups is 1. The smallest absolute Gasteiger partial charge is 0.00364 e. The molecular formula is C10H23NS. The molecule has 0 saturated carbocycles. The molecule has 0 amide bonds. The van der Waals surface area contributed by atoms with E-state index in [1.54, 1.807) is 0 Å². The SMILES string of the molecule is CCC(N)CCCSCC(C)C. The Balaban J connectivity index is 3.00. The Labute approximate surface area is 81.5 Å². The van der Waals surface area contributed by atoms with Gasteiger partial charge < -0.3 is 5.73 Å². The van der Waals surface area contributed by atoms with Crippen LogP contribution >= 0.6 is 11.8 Å². The second-order valence-corrected chi connectivity index (χ2v) is 4.93. The van der Waals surface area contributed by atoms with E-state index in [9.17, 15) is 0 Å². The minimum absolute atomic E-state index is 0.435. The zero-order valence-corrected chi connectivity index (χ0v) is 9.49. The van der Waals surface area contributed by atoms with E-state index in [1.165, 1.54) is 24.3 Å². The van der Waals surface area contributed by atoms with Crippen LogP contribution in [-0.2, 0) is 0 Å². The summed E-state index contributed by atoms with van der Waals surface area (Å²) in [5.74, 6) is 3.41. The summed E-state index contributed by atoms with van der Waals surface area (Å²) in [6.45, 7) is 6.70. The summed E-state index contributed by atoms with van der Waals surface area (Å²) in [7, 11) is 0. The molecule has 12 heavy (non-hydrogen) atoms. The average Bonchev–Trinajstić information content (AvgIpc) is 2.03. The summed E-state index contributed by atoms with van der Waals surface area (Å²) >= 11 is 2.06. The van der Waals surface area contributed by atoms with Gasteiger partial charge in [-0.2, -0.15) is 11.8 Å². The molecule has 0 aliphatic rings. The molecule has 0 aliphatic heterocycles. The zero-order valence-electron chi connectivity index (χ0n) is 8.68. The van der Waals surface area contributed by atoms with Crippen molar-refractivity contribution in [3.63, 3.8) is 0 Å². The van der Waals surface area contributed by atoms with Gasteiger partial charge in [-0.1, -0.05) is 20.8 Å². The average molecular weight is 189 g/mol. The van der Waals surface area contributed by atoms with Gasteiger partial charge in [-0.3, -0.25) is 0 Å². The molecule has 0 radical (unpaired) electrons. The van der Waals surface area contributed by atoms with Gasteiger partial charge in [0, 0.05) is 6.04 Å². The first-order valence-corrected chi connectivity index (χ1v) is 6.15. The molecule has 0 aromatic rings. The highest BCUT2D eigenvalue weighted by atomic mass is 32.2. The third-order valence-corrected chi connectivity index (χ3v) is 3.32. The van der Waals surface area contributed by atoms with Gasteiger partial charge in [-0.15, -0.1) is 0 Å². The summed E-state index contributed by atoms with van der Waals surface area (Å²) in [6.07, 6.45) is 3.60. The fourth-order valence-electron chi connectivity index (χ4n) is 0.971. The van der Waals surface area contributed by atoms with Crippen LogP contribution in [0.2, 0.25) is 0 Å². The van der Waals surface area contributed by atoms with Gasteiger partial charge in [-0.05, 0) is 36.7 Å². The van der Waals surface area contributed by atoms with Crippen molar-refractivity contribution >= 4 is 11.8 Å². The van der Waals surface area contributed by atoms with E-state index >= 15 is 0 Å². The van der Waals surface area contributed by atoms with Crippen molar-refractivity contribution in [3.8, 4) is 0 Å². The van der Waals surface area contributed by atoms with E-state index in [0.29, 0.717) is 6.04 Å². The molecule has 2 N–H and O–H groups in total. The highest BCUT2D eigenvalue weighted by molar-refractivity contribution is 7.99. The van der Waals surface area contributed by atoms with Crippen LogP contribution in [0.5, 0.6) is 0 Å². The molecule has 0 aromatic heterocycles. The van der Waals surface area contributed by atoms with Crippen LogP contribution in [0.3, 0.4) is 0 Å². The third-order valence-electron chi connectivity index (χ3n) is 1.84. The molecule has 0 saturated heterocycles. The molecular weight excluding hydrogens is 166 g/mol. The van der Waals surface area contributed by atoms with Gasteiger partial charge >= 0.3 is 0 Å². The Morgan fingerprint density at radius 3 is 2.50 bits per heavy atom. The summed E-state index contributed by atoms with van der Waals surface area (Å²) in [4.78, 5) is 0. The van der Waals surface area contributed by atoms with Gasteiger partial charge in [0.25, 0.3) is 0 Å². The predicted octanol–water partition coefficient (Wildman–Crippen LogP) is 2.89. The quantitative estimate of drug-likeness (QED) is 0.623. The maximum absolute atomic E-state index is 5.81. The van der Waals surface area contributed by atoms with Crippen LogP contribution < -0.4 is 5.73 Å². The maximum Gasteiger partial charge on any atom is 0.00364 e. The Kier molecular flexibility index (Phi) is 8.14. The van der Waals surface area contributed by atoms with Gasteiger partial charge in [0.2, 0.25) is 0 Å². The Bertz CT molecular complexity index is 93.8. The lowest BCUT2D eigenvalue weighted by Gasteiger charge is -2.08. The number of hydrogen-bond donors (Lipinski definition) is 1. The van der Waals surface area contributed by atoms with Crippen LogP contribution in [-0.4, -0.2) is 17.5 Å². The minimum Gasteiger partial charge on any atom is -0.328 e. The van der Waals surface area contributed by atoms with E-state index in [2.05, 4.69) is 32.5 Å². The molecule has 0 bridgehead atoms. The van der Waals surface area contributed by atoms with E-state index in [4.69, 9.17) is 5.73 Å². The molecule has 0 aliphatic carbocycles. The van der Waals surface area contributed by atoms with Crippen LogP contribution in [0.4, 0.5) is 0 Å². The molecule has 2 heteroatoms. The van der Waals surface area contributed by atoms with E-state index in [0.717, 1.165) is 12.3 Å². The van der Waals surface area contributed by atoms with Crippen LogP contribution in [0.25, 0.3) is 0 Å². The van der Waals surface area contributed by atoms with Crippen molar-refractivity contribution in [1.82, 2.24) is 0 Å². The van der Waals surface area contributed by atoms with Crippen molar-refractivity contribution in [1.29, 1.82) is 0 Å². The number of hydrogen-bond acceptors (Lipinski definition) is 2. The predicted molar refractivity (Wildman–Crippen MR) is 59.7 cm³/mol. The Morgan fingerprint density at radius 1 is 1.33 bits per heavy atom. The molecule has 1 atom stereocenters. The zero-order chi connectivity index (χ0) is 9.40. The normalized spacial score (nSPS) is 13.8. The fraction of sp³-hybridized carbons (Fsp3) is 1.00. The summed E-state index contributed by atoms with van der Waals surface area (Å²) < 4.78 is 0. The largest absolute Gasteiger partial charge is 0.328 e. The Hall–Kier alpha value is 0.310. The first kappa shape index (κ1) is 12.3. The monoisotopic (exact) mass is 189 g/mol. The molecule has 0 rings (SSSR count). The topological polar surface area (TPSA) is 26.0 Å². The highest BCUT2D eigenvalue weighted by Crippen LogP contribution is 2.10. The third kappa shape index (κ3) is 8.41. The van der Waals surface area contributed by atoms with E-state index in [1.807, 2.05) is 0 Å². The van der Waals surface area contributed by atoms with Gasteiger partial charge in [0.05, 0.1) is 0 Å². The van der Waals surface area contributed by atoms with Gasteiger partial charge in [-0.25, -0.2) is 0 Å². The molecule has 1 unspecified atom stereocenters. The van der Waals surface area contributed by atoms with E-state index < -0.39 is 0 Å².